The molecular formula is C13H18N2O2S. The monoisotopic (exact) mass is 266 g/mol. The van der Waals surface area contributed by atoms with Gasteiger partial charge in [-0.25, -0.2) is 4.98 Å². The van der Waals surface area contributed by atoms with Gasteiger partial charge < -0.3 is 14.5 Å². The average molecular weight is 266 g/mol. The van der Waals surface area contributed by atoms with Crippen LogP contribution < -0.4 is 5.32 Å². The van der Waals surface area contributed by atoms with Crippen molar-refractivity contribution in [1.82, 2.24) is 10.3 Å². The molecule has 0 radical (unpaired) electrons. The van der Waals surface area contributed by atoms with Crippen molar-refractivity contribution in [3.63, 3.8) is 0 Å². The molecule has 0 aliphatic carbocycles. The fraction of sp³-hybridized carbons (Fsp3) is 0.462. The SMILES string of the molecule is COCCNCC(C)Sc1nc2ccccc2o1. The maximum atomic E-state index is 5.67. The lowest BCUT2D eigenvalue weighted by Gasteiger charge is -2.09. The van der Waals surface area contributed by atoms with E-state index in [1.807, 2.05) is 24.3 Å². The number of methoxy groups -OCH3 is 1. The highest BCUT2D eigenvalue weighted by Crippen LogP contribution is 2.26. The Kier molecular flexibility index (Phi) is 5.04. The van der Waals surface area contributed by atoms with E-state index in [-0.39, 0.29) is 0 Å². The zero-order valence-electron chi connectivity index (χ0n) is 10.7. The molecule has 2 aromatic rings. The Morgan fingerprint density at radius 2 is 2.28 bits per heavy atom. The van der Waals surface area contributed by atoms with Crippen LogP contribution in [0.2, 0.25) is 0 Å². The third-order valence-electron chi connectivity index (χ3n) is 2.49. The molecule has 0 amide bonds. The maximum Gasteiger partial charge on any atom is 0.257 e. The van der Waals surface area contributed by atoms with Crippen molar-refractivity contribution in [3.05, 3.63) is 24.3 Å². The van der Waals surface area contributed by atoms with E-state index in [0.717, 1.165) is 36.0 Å². The molecule has 1 atom stereocenters. The summed E-state index contributed by atoms with van der Waals surface area (Å²) in [5, 5.41) is 4.47. The molecule has 0 aliphatic rings. The lowest BCUT2D eigenvalue weighted by atomic mass is 10.3. The van der Waals surface area contributed by atoms with Crippen LogP contribution in [-0.4, -0.2) is 37.0 Å². The third kappa shape index (κ3) is 3.73. The molecule has 0 saturated carbocycles. The van der Waals surface area contributed by atoms with Gasteiger partial charge in [0.1, 0.15) is 5.52 Å². The zero-order chi connectivity index (χ0) is 12.8. The van der Waals surface area contributed by atoms with Gasteiger partial charge in [0.15, 0.2) is 5.58 Å². The predicted octanol–water partition coefficient (Wildman–Crippen LogP) is 2.54. The van der Waals surface area contributed by atoms with Crippen LogP contribution in [0, 0.1) is 0 Å². The minimum absolute atomic E-state index is 0.412. The van der Waals surface area contributed by atoms with E-state index in [0.29, 0.717) is 5.25 Å². The number of nitrogens with zero attached hydrogens (tertiary/aromatic N) is 1. The number of oxazole rings is 1. The number of benzene rings is 1. The van der Waals surface area contributed by atoms with E-state index in [1.54, 1.807) is 18.9 Å². The van der Waals surface area contributed by atoms with Crippen molar-refractivity contribution in [2.24, 2.45) is 0 Å². The van der Waals surface area contributed by atoms with Crippen molar-refractivity contribution in [3.8, 4) is 0 Å². The second kappa shape index (κ2) is 6.78. The van der Waals surface area contributed by atoms with Crippen LogP contribution in [-0.2, 0) is 4.74 Å². The van der Waals surface area contributed by atoms with Crippen LogP contribution in [0.1, 0.15) is 6.92 Å². The largest absolute Gasteiger partial charge is 0.431 e. The summed E-state index contributed by atoms with van der Waals surface area (Å²) in [5.41, 5.74) is 1.76. The molecule has 4 nitrogen and oxygen atoms in total. The minimum atomic E-state index is 0.412. The molecule has 0 aliphatic heterocycles. The van der Waals surface area contributed by atoms with Gasteiger partial charge in [0.2, 0.25) is 0 Å². The number of nitrogens with one attached hydrogen (secondary N) is 1. The highest BCUT2D eigenvalue weighted by Gasteiger charge is 2.10. The highest BCUT2D eigenvalue weighted by atomic mass is 32.2. The standard InChI is InChI=1S/C13H18N2O2S/c1-10(9-14-7-8-16-2)18-13-15-11-5-3-4-6-12(11)17-13/h3-6,10,14H,7-9H2,1-2H3. The average Bonchev–Trinajstić information content (AvgIpc) is 2.76. The van der Waals surface area contributed by atoms with Crippen molar-refractivity contribution in [2.45, 2.75) is 17.4 Å². The van der Waals surface area contributed by atoms with E-state index in [4.69, 9.17) is 9.15 Å². The molecule has 1 aromatic carbocycles. The maximum absolute atomic E-state index is 5.67. The molecule has 0 bridgehead atoms. The Balaban J connectivity index is 1.84. The van der Waals surface area contributed by atoms with Crippen molar-refractivity contribution in [1.29, 1.82) is 0 Å². The van der Waals surface area contributed by atoms with Gasteiger partial charge in [0, 0.05) is 25.4 Å². The molecule has 1 unspecified atom stereocenters. The smallest absolute Gasteiger partial charge is 0.257 e. The zero-order valence-corrected chi connectivity index (χ0v) is 11.5. The van der Waals surface area contributed by atoms with Gasteiger partial charge in [-0.05, 0) is 12.1 Å². The van der Waals surface area contributed by atoms with E-state index in [9.17, 15) is 0 Å². The van der Waals surface area contributed by atoms with E-state index >= 15 is 0 Å². The van der Waals surface area contributed by atoms with Crippen molar-refractivity contribution in [2.75, 3.05) is 26.8 Å². The summed E-state index contributed by atoms with van der Waals surface area (Å²) in [4.78, 5) is 4.44. The Hall–Kier alpha value is -1.04. The minimum Gasteiger partial charge on any atom is -0.431 e. The molecule has 0 saturated heterocycles. The summed E-state index contributed by atoms with van der Waals surface area (Å²) in [7, 11) is 1.71. The Morgan fingerprint density at radius 1 is 1.44 bits per heavy atom. The molecule has 98 valence electrons. The molecule has 0 fully saturated rings. The van der Waals surface area contributed by atoms with Gasteiger partial charge in [-0.1, -0.05) is 30.8 Å². The van der Waals surface area contributed by atoms with Gasteiger partial charge >= 0.3 is 0 Å². The fourth-order valence-corrected chi connectivity index (χ4v) is 2.43. The molecule has 5 heteroatoms. The number of para-hydroxylation sites is 2. The van der Waals surface area contributed by atoms with Crippen LogP contribution in [0.25, 0.3) is 11.1 Å². The molecule has 1 N–H and O–H groups in total. The van der Waals surface area contributed by atoms with Gasteiger partial charge in [0.05, 0.1) is 6.61 Å². The molecule has 2 rings (SSSR count). The number of thioether (sulfide) groups is 1. The number of hydrogen-bond acceptors (Lipinski definition) is 5. The number of rotatable bonds is 7. The van der Waals surface area contributed by atoms with Crippen LogP contribution >= 0.6 is 11.8 Å². The van der Waals surface area contributed by atoms with Crippen LogP contribution in [0.3, 0.4) is 0 Å². The predicted molar refractivity (Wildman–Crippen MR) is 74.1 cm³/mol. The van der Waals surface area contributed by atoms with Crippen LogP contribution in [0.5, 0.6) is 0 Å². The summed E-state index contributed by atoms with van der Waals surface area (Å²) in [6.45, 7) is 4.67. The Bertz CT molecular complexity index is 454. The highest BCUT2D eigenvalue weighted by molar-refractivity contribution is 7.99. The van der Waals surface area contributed by atoms with Gasteiger partial charge in [-0.3, -0.25) is 0 Å². The van der Waals surface area contributed by atoms with Gasteiger partial charge in [0.25, 0.3) is 5.22 Å². The molecule has 0 spiro atoms. The molecule has 1 aromatic heterocycles. The number of fused-ring (bicyclic) bond motifs is 1. The van der Waals surface area contributed by atoms with Gasteiger partial charge in [-0.15, -0.1) is 0 Å². The Morgan fingerprint density at radius 3 is 3.06 bits per heavy atom. The summed E-state index contributed by atoms with van der Waals surface area (Å²) >= 11 is 1.65. The third-order valence-corrected chi connectivity index (χ3v) is 3.44. The van der Waals surface area contributed by atoms with Crippen LogP contribution in [0.15, 0.2) is 33.9 Å². The first-order valence-corrected chi connectivity index (χ1v) is 6.89. The molecule has 18 heavy (non-hydrogen) atoms. The van der Waals surface area contributed by atoms with E-state index in [1.165, 1.54) is 0 Å². The second-order valence-corrected chi connectivity index (χ2v) is 5.46. The number of ether oxygens (including phenoxy) is 1. The Labute approximate surface area is 111 Å². The molecule has 1 heterocycles. The fourth-order valence-electron chi connectivity index (χ4n) is 1.59. The quantitative estimate of drug-likeness (QED) is 0.616. The van der Waals surface area contributed by atoms with E-state index < -0.39 is 0 Å². The molecular weight excluding hydrogens is 248 g/mol. The number of hydrogen-bond donors (Lipinski definition) is 1. The first kappa shape index (κ1) is 13.4. The summed E-state index contributed by atoms with van der Waals surface area (Å²) in [6, 6.07) is 7.82. The topological polar surface area (TPSA) is 47.3 Å². The summed E-state index contributed by atoms with van der Waals surface area (Å²) in [6.07, 6.45) is 0. The second-order valence-electron chi connectivity index (χ2n) is 4.07. The number of aromatic nitrogens is 1. The summed E-state index contributed by atoms with van der Waals surface area (Å²) < 4.78 is 10.6. The first-order valence-electron chi connectivity index (χ1n) is 6.01. The summed E-state index contributed by atoms with van der Waals surface area (Å²) in [5.74, 6) is 0. The first-order chi connectivity index (χ1) is 8.79. The van der Waals surface area contributed by atoms with E-state index in [2.05, 4.69) is 17.2 Å². The van der Waals surface area contributed by atoms with Crippen LogP contribution in [0.4, 0.5) is 0 Å². The van der Waals surface area contributed by atoms with Crippen molar-refractivity contribution < 1.29 is 9.15 Å². The lowest BCUT2D eigenvalue weighted by Crippen LogP contribution is -2.26. The lowest BCUT2D eigenvalue weighted by molar-refractivity contribution is 0.199. The van der Waals surface area contributed by atoms with Crippen molar-refractivity contribution >= 4 is 22.9 Å². The normalized spacial score (nSPS) is 13.0. The van der Waals surface area contributed by atoms with Gasteiger partial charge in [-0.2, -0.15) is 0 Å².